The number of aromatic amines is 1. The van der Waals surface area contributed by atoms with E-state index in [9.17, 15) is 9.59 Å². The van der Waals surface area contributed by atoms with Gasteiger partial charge in [0.1, 0.15) is 0 Å². The Balaban J connectivity index is 2.13. The van der Waals surface area contributed by atoms with Crippen molar-refractivity contribution in [3.05, 3.63) is 58.5 Å². The molecule has 7 heteroatoms. The number of nitrogens with two attached hydrogens (primary N) is 1. The van der Waals surface area contributed by atoms with Gasteiger partial charge in [-0.05, 0) is 17.7 Å². The molecule has 0 aliphatic rings. The van der Waals surface area contributed by atoms with Crippen LogP contribution in [0.5, 0.6) is 0 Å². The number of benzene rings is 1. The molecule has 0 aliphatic heterocycles. The summed E-state index contributed by atoms with van der Waals surface area (Å²) in [5.74, 6) is 0.128. The lowest BCUT2D eigenvalue weighted by Gasteiger charge is -2.04. The Bertz CT molecular complexity index is 690. The number of thioether (sulfide) groups is 1. The molecular weight excluding hydrogens is 276 g/mol. The van der Waals surface area contributed by atoms with Crippen LogP contribution in [0.15, 0.2) is 46.9 Å². The predicted molar refractivity (Wildman–Crippen MR) is 77.6 cm³/mol. The Morgan fingerprint density at radius 2 is 2.35 bits per heavy atom. The van der Waals surface area contributed by atoms with Crippen LogP contribution in [0.1, 0.15) is 15.9 Å². The number of allylic oxidation sites excluding steroid dienone is 1. The van der Waals surface area contributed by atoms with Crippen LogP contribution in [0, 0.1) is 0 Å². The van der Waals surface area contributed by atoms with Crippen LogP contribution < -0.4 is 11.4 Å². The van der Waals surface area contributed by atoms with Gasteiger partial charge in [-0.2, -0.15) is 0 Å². The minimum atomic E-state index is -0.458. The maximum atomic E-state index is 11.5. The maximum absolute atomic E-state index is 11.5. The zero-order valence-electron chi connectivity index (χ0n) is 10.7. The summed E-state index contributed by atoms with van der Waals surface area (Å²) in [6.07, 6.45) is 1.63. The van der Waals surface area contributed by atoms with Crippen LogP contribution in [0.25, 0.3) is 0 Å². The fourth-order valence-electron chi connectivity index (χ4n) is 1.67. The van der Waals surface area contributed by atoms with Gasteiger partial charge in [-0.3, -0.25) is 9.36 Å². The Labute approximate surface area is 119 Å². The molecule has 0 saturated carbocycles. The maximum Gasteiger partial charge on any atom is 0.344 e. The fraction of sp³-hybridized carbons (Fsp3) is 0.154. The normalized spacial score (nSPS) is 10.4. The second kappa shape index (κ2) is 6.25. The van der Waals surface area contributed by atoms with Crippen LogP contribution in [-0.2, 0) is 12.3 Å². The first-order valence-corrected chi connectivity index (χ1v) is 6.88. The summed E-state index contributed by atoms with van der Waals surface area (Å²) in [6.45, 7) is 4.01. The molecule has 0 aliphatic carbocycles. The summed E-state index contributed by atoms with van der Waals surface area (Å²) in [4.78, 5) is 22.6. The standard InChI is InChI=1S/C13H14N4O2S/c1-2-6-17-12(19)15-16-13(17)20-8-9-4-3-5-10(7-9)11(14)18/h2-5,7H,1,6,8H2,(H2,14,18)(H,15,19). The van der Waals surface area contributed by atoms with Crippen molar-refractivity contribution in [2.75, 3.05) is 0 Å². The molecular formula is C13H14N4O2S. The lowest BCUT2D eigenvalue weighted by molar-refractivity contribution is 0.1000. The molecule has 0 fully saturated rings. The number of H-pyrrole nitrogens is 1. The van der Waals surface area contributed by atoms with Crippen LogP contribution in [0.2, 0.25) is 0 Å². The fourth-order valence-corrected chi connectivity index (χ4v) is 2.56. The molecule has 0 saturated heterocycles. The highest BCUT2D eigenvalue weighted by Crippen LogP contribution is 2.20. The van der Waals surface area contributed by atoms with Crippen LogP contribution in [0.3, 0.4) is 0 Å². The summed E-state index contributed by atoms with van der Waals surface area (Å²) >= 11 is 1.40. The molecule has 0 atom stereocenters. The van der Waals surface area contributed by atoms with Crippen molar-refractivity contribution in [3.8, 4) is 0 Å². The highest BCUT2D eigenvalue weighted by molar-refractivity contribution is 7.98. The number of aromatic nitrogens is 3. The number of hydrogen-bond acceptors (Lipinski definition) is 4. The zero-order valence-corrected chi connectivity index (χ0v) is 11.5. The van der Waals surface area contributed by atoms with Gasteiger partial charge in [0, 0.05) is 17.9 Å². The van der Waals surface area contributed by atoms with Crippen molar-refractivity contribution in [1.82, 2.24) is 14.8 Å². The van der Waals surface area contributed by atoms with Gasteiger partial charge in [-0.1, -0.05) is 30.0 Å². The van der Waals surface area contributed by atoms with Crippen molar-refractivity contribution in [2.45, 2.75) is 17.5 Å². The summed E-state index contributed by atoms with van der Waals surface area (Å²) in [5, 5.41) is 6.94. The van der Waals surface area contributed by atoms with E-state index < -0.39 is 5.91 Å². The second-order valence-corrected chi connectivity index (χ2v) is 5.01. The summed E-state index contributed by atoms with van der Waals surface area (Å²) in [5.41, 5.74) is 6.38. The zero-order chi connectivity index (χ0) is 14.5. The lowest BCUT2D eigenvalue weighted by atomic mass is 10.1. The van der Waals surface area contributed by atoms with Gasteiger partial charge in [-0.25, -0.2) is 9.89 Å². The molecule has 1 aromatic carbocycles. The number of rotatable bonds is 6. The molecule has 0 bridgehead atoms. The van der Waals surface area contributed by atoms with E-state index in [4.69, 9.17) is 5.73 Å². The van der Waals surface area contributed by atoms with Gasteiger partial charge in [-0.15, -0.1) is 11.7 Å². The first-order chi connectivity index (χ1) is 9.61. The number of carbonyl (C=O) groups is 1. The summed E-state index contributed by atoms with van der Waals surface area (Å²) < 4.78 is 1.50. The number of amides is 1. The number of primary amides is 1. The van der Waals surface area contributed by atoms with E-state index in [1.807, 2.05) is 6.07 Å². The number of nitrogens with one attached hydrogen (secondary N) is 1. The van der Waals surface area contributed by atoms with Gasteiger partial charge in [0.2, 0.25) is 5.91 Å². The predicted octanol–water partition coefficient (Wildman–Crippen LogP) is 1.15. The smallest absolute Gasteiger partial charge is 0.344 e. The first-order valence-electron chi connectivity index (χ1n) is 5.89. The van der Waals surface area contributed by atoms with E-state index in [1.165, 1.54) is 16.3 Å². The Morgan fingerprint density at radius 3 is 3.05 bits per heavy atom. The molecule has 20 heavy (non-hydrogen) atoms. The average Bonchev–Trinajstić information content (AvgIpc) is 2.78. The molecule has 1 amide bonds. The third-order valence-corrected chi connectivity index (χ3v) is 3.66. The van der Waals surface area contributed by atoms with Gasteiger partial charge < -0.3 is 5.73 Å². The third-order valence-electron chi connectivity index (χ3n) is 2.61. The molecule has 2 aromatic rings. The van der Waals surface area contributed by atoms with Crippen molar-refractivity contribution >= 4 is 17.7 Å². The highest BCUT2D eigenvalue weighted by atomic mass is 32.2. The van der Waals surface area contributed by atoms with Crippen molar-refractivity contribution in [2.24, 2.45) is 5.73 Å². The number of nitrogens with zero attached hydrogens (tertiary/aromatic N) is 2. The second-order valence-electron chi connectivity index (χ2n) is 4.06. The van der Waals surface area contributed by atoms with Crippen LogP contribution >= 0.6 is 11.8 Å². The average molecular weight is 290 g/mol. The lowest BCUT2D eigenvalue weighted by Crippen LogP contribution is -2.16. The monoisotopic (exact) mass is 290 g/mol. The number of hydrogen-bond donors (Lipinski definition) is 2. The largest absolute Gasteiger partial charge is 0.366 e. The summed E-state index contributed by atoms with van der Waals surface area (Å²) in [7, 11) is 0. The quantitative estimate of drug-likeness (QED) is 0.616. The molecule has 1 heterocycles. The van der Waals surface area contributed by atoms with E-state index in [2.05, 4.69) is 16.8 Å². The molecule has 0 spiro atoms. The number of carbonyl (C=O) groups excluding carboxylic acids is 1. The van der Waals surface area contributed by atoms with Gasteiger partial charge in [0.15, 0.2) is 5.16 Å². The van der Waals surface area contributed by atoms with E-state index in [1.54, 1.807) is 24.3 Å². The molecule has 3 N–H and O–H groups in total. The van der Waals surface area contributed by atoms with Gasteiger partial charge in [0.05, 0.1) is 0 Å². The Kier molecular flexibility index (Phi) is 4.41. The third kappa shape index (κ3) is 3.18. The minimum absolute atomic E-state index is 0.265. The highest BCUT2D eigenvalue weighted by Gasteiger charge is 2.08. The first kappa shape index (κ1) is 14.1. The molecule has 0 radical (unpaired) electrons. The van der Waals surface area contributed by atoms with Crippen molar-refractivity contribution in [3.63, 3.8) is 0 Å². The Morgan fingerprint density at radius 1 is 1.55 bits per heavy atom. The van der Waals surface area contributed by atoms with Gasteiger partial charge >= 0.3 is 5.69 Å². The SMILES string of the molecule is C=CCn1c(SCc2cccc(C(N)=O)c2)n[nH]c1=O. The van der Waals surface area contributed by atoms with Crippen molar-refractivity contribution in [1.29, 1.82) is 0 Å². The topological polar surface area (TPSA) is 93.8 Å². The molecule has 0 unspecified atom stereocenters. The van der Waals surface area contributed by atoms with E-state index in [0.29, 0.717) is 23.0 Å². The van der Waals surface area contributed by atoms with E-state index in [0.717, 1.165) is 5.56 Å². The molecule has 6 nitrogen and oxygen atoms in total. The van der Waals surface area contributed by atoms with Crippen LogP contribution in [-0.4, -0.2) is 20.7 Å². The molecule has 1 aromatic heterocycles. The van der Waals surface area contributed by atoms with E-state index >= 15 is 0 Å². The van der Waals surface area contributed by atoms with Crippen LogP contribution in [0.4, 0.5) is 0 Å². The molecule has 2 rings (SSSR count). The van der Waals surface area contributed by atoms with Crippen molar-refractivity contribution < 1.29 is 4.79 Å². The Hall–Kier alpha value is -2.28. The molecule has 104 valence electrons. The minimum Gasteiger partial charge on any atom is -0.366 e. The van der Waals surface area contributed by atoms with E-state index in [-0.39, 0.29) is 5.69 Å². The summed E-state index contributed by atoms with van der Waals surface area (Å²) in [6, 6.07) is 7.07. The van der Waals surface area contributed by atoms with Gasteiger partial charge in [0.25, 0.3) is 0 Å².